The van der Waals surface area contributed by atoms with Gasteiger partial charge in [-0.2, -0.15) is 0 Å². The average molecular weight is 387 g/mol. The molecule has 0 fully saturated rings. The predicted molar refractivity (Wildman–Crippen MR) is 103 cm³/mol. The standard InChI is InChI=1S/C19H15ClN2O3S/c1-11-2-4-12(5-3-11)15-10-26-19(21-15)22-18(23)13-8-16-17(9-14(13)20)25-7-6-24-16/h2-5,8-10H,6-7H2,1H3,(H,21,22,23). The summed E-state index contributed by atoms with van der Waals surface area (Å²) in [5, 5.41) is 5.52. The fraction of sp³-hybridized carbons (Fsp3) is 0.158. The number of aromatic nitrogens is 1. The molecule has 0 bridgehead atoms. The molecule has 3 aromatic rings. The zero-order valence-corrected chi connectivity index (χ0v) is 15.5. The Morgan fingerprint density at radius 1 is 1.15 bits per heavy atom. The number of aryl methyl sites for hydroxylation is 1. The van der Waals surface area contributed by atoms with Gasteiger partial charge in [-0.1, -0.05) is 41.4 Å². The van der Waals surface area contributed by atoms with Crippen LogP contribution in [0.2, 0.25) is 5.02 Å². The molecular weight excluding hydrogens is 372 g/mol. The largest absolute Gasteiger partial charge is 0.486 e. The smallest absolute Gasteiger partial charge is 0.259 e. The van der Waals surface area contributed by atoms with E-state index in [0.29, 0.717) is 40.4 Å². The number of carbonyl (C=O) groups excluding carboxylic acids is 1. The first-order valence-corrected chi connectivity index (χ1v) is 9.29. The van der Waals surface area contributed by atoms with Crippen LogP contribution in [-0.2, 0) is 0 Å². The van der Waals surface area contributed by atoms with Crippen LogP contribution in [0.3, 0.4) is 0 Å². The summed E-state index contributed by atoms with van der Waals surface area (Å²) in [5.74, 6) is 0.732. The van der Waals surface area contributed by atoms with Gasteiger partial charge in [0.2, 0.25) is 0 Å². The number of halogens is 1. The van der Waals surface area contributed by atoms with E-state index in [1.807, 2.05) is 36.6 Å². The van der Waals surface area contributed by atoms with Crippen molar-refractivity contribution >= 4 is 34.0 Å². The third-order valence-electron chi connectivity index (χ3n) is 3.95. The summed E-state index contributed by atoms with van der Waals surface area (Å²) in [6, 6.07) is 11.3. The highest BCUT2D eigenvalue weighted by molar-refractivity contribution is 7.14. The van der Waals surface area contributed by atoms with E-state index < -0.39 is 0 Å². The molecule has 4 rings (SSSR count). The van der Waals surface area contributed by atoms with Crippen molar-refractivity contribution in [2.45, 2.75) is 6.92 Å². The van der Waals surface area contributed by atoms with E-state index >= 15 is 0 Å². The number of thiazole rings is 1. The van der Waals surface area contributed by atoms with Crippen molar-refractivity contribution in [3.05, 3.63) is 57.9 Å². The third kappa shape index (κ3) is 3.38. The maximum absolute atomic E-state index is 12.6. The Morgan fingerprint density at radius 3 is 2.58 bits per heavy atom. The van der Waals surface area contributed by atoms with Crippen LogP contribution in [-0.4, -0.2) is 24.1 Å². The molecular formula is C19H15ClN2O3S. The highest BCUT2D eigenvalue weighted by Gasteiger charge is 2.20. The number of fused-ring (bicyclic) bond motifs is 1. The Hall–Kier alpha value is -2.57. The van der Waals surface area contributed by atoms with Gasteiger partial charge in [0.05, 0.1) is 16.3 Å². The number of benzene rings is 2. The van der Waals surface area contributed by atoms with Gasteiger partial charge in [-0.15, -0.1) is 11.3 Å². The fourth-order valence-electron chi connectivity index (χ4n) is 2.59. The number of anilines is 1. The zero-order chi connectivity index (χ0) is 18.1. The maximum Gasteiger partial charge on any atom is 0.259 e. The monoisotopic (exact) mass is 386 g/mol. The Bertz CT molecular complexity index is 969. The lowest BCUT2D eigenvalue weighted by Crippen LogP contribution is -2.17. The minimum atomic E-state index is -0.336. The summed E-state index contributed by atoms with van der Waals surface area (Å²) in [6.07, 6.45) is 0. The average Bonchev–Trinajstić information content (AvgIpc) is 3.10. The number of amides is 1. The highest BCUT2D eigenvalue weighted by Crippen LogP contribution is 2.36. The minimum Gasteiger partial charge on any atom is -0.486 e. The maximum atomic E-state index is 12.6. The van der Waals surface area contributed by atoms with E-state index in [0.717, 1.165) is 11.3 Å². The van der Waals surface area contributed by atoms with Crippen molar-refractivity contribution in [1.29, 1.82) is 0 Å². The molecule has 1 aromatic heterocycles. The lowest BCUT2D eigenvalue weighted by Gasteiger charge is -2.19. The van der Waals surface area contributed by atoms with Gasteiger partial charge in [0.25, 0.3) is 5.91 Å². The van der Waals surface area contributed by atoms with Gasteiger partial charge in [0.15, 0.2) is 16.6 Å². The predicted octanol–water partition coefficient (Wildman–Crippen LogP) is 4.80. The molecule has 132 valence electrons. The van der Waals surface area contributed by atoms with Crippen LogP contribution in [0.25, 0.3) is 11.3 Å². The fourth-order valence-corrected chi connectivity index (χ4v) is 3.54. The van der Waals surface area contributed by atoms with Crippen molar-refractivity contribution in [2.75, 3.05) is 18.5 Å². The second-order valence-electron chi connectivity index (χ2n) is 5.83. The van der Waals surface area contributed by atoms with Crippen molar-refractivity contribution in [2.24, 2.45) is 0 Å². The summed E-state index contributed by atoms with van der Waals surface area (Å²) in [7, 11) is 0. The summed E-state index contributed by atoms with van der Waals surface area (Å²) in [4.78, 5) is 17.1. The molecule has 0 atom stereocenters. The zero-order valence-electron chi connectivity index (χ0n) is 13.9. The molecule has 1 amide bonds. The topological polar surface area (TPSA) is 60.5 Å². The second kappa shape index (κ2) is 6.97. The van der Waals surface area contributed by atoms with Crippen LogP contribution in [0.4, 0.5) is 5.13 Å². The molecule has 1 aliphatic rings. The number of ether oxygens (including phenoxy) is 2. The first-order valence-electron chi connectivity index (χ1n) is 8.03. The van der Waals surface area contributed by atoms with Gasteiger partial charge in [0.1, 0.15) is 13.2 Å². The quantitative estimate of drug-likeness (QED) is 0.702. The SMILES string of the molecule is Cc1ccc(-c2csc(NC(=O)c3cc4c(cc3Cl)OCCO4)n2)cc1. The molecule has 7 heteroatoms. The lowest BCUT2D eigenvalue weighted by atomic mass is 10.1. The molecule has 1 aliphatic heterocycles. The van der Waals surface area contributed by atoms with Gasteiger partial charge in [-0.05, 0) is 13.0 Å². The van der Waals surface area contributed by atoms with E-state index in [4.69, 9.17) is 21.1 Å². The minimum absolute atomic E-state index is 0.307. The Balaban J connectivity index is 1.54. The van der Waals surface area contributed by atoms with Crippen LogP contribution >= 0.6 is 22.9 Å². The molecule has 0 spiro atoms. The Morgan fingerprint density at radius 2 is 1.85 bits per heavy atom. The summed E-state index contributed by atoms with van der Waals surface area (Å²) < 4.78 is 11.0. The number of carbonyl (C=O) groups is 1. The normalized spacial score (nSPS) is 12.7. The molecule has 5 nitrogen and oxygen atoms in total. The summed E-state index contributed by atoms with van der Waals surface area (Å²) in [5.41, 5.74) is 3.33. The van der Waals surface area contributed by atoms with E-state index in [9.17, 15) is 4.79 Å². The molecule has 0 aliphatic carbocycles. The summed E-state index contributed by atoms with van der Waals surface area (Å²) in [6.45, 7) is 2.95. The second-order valence-corrected chi connectivity index (χ2v) is 7.10. The molecule has 0 unspecified atom stereocenters. The van der Waals surface area contributed by atoms with E-state index in [-0.39, 0.29) is 5.91 Å². The molecule has 2 heterocycles. The van der Waals surface area contributed by atoms with Gasteiger partial charge in [-0.25, -0.2) is 4.98 Å². The van der Waals surface area contributed by atoms with Gasteiger partial charge in [-0.3, -0.25) is 10.1 Å². The molecule has 0 saturated heterocycles. The van der Waals surface area contributed by atoms with Crippen molar-refractivity contribution in [1.82, 2.24) is 4.98 Å². The Labute approximate surface area is 159 Å². The molecule has 2 aromatic carbocycles. The van der Waals surface area contributed by atoms with Gasteiger partial charge >= 0.3 is 0 Å². The van der Waals surface area contributed by atoms with Crippen LogP contribution in [0.1, 0.15) is 15.9 Å². The number of nitrogens with one attached hydrogen (secondary N) is 1. The molecule has 0 saturated carbocycles. The van der Waals surface area contributed by atoms with Crippen molar-refractivity contribution in [3.8, 4) is 22.8 Å². The van der Waals surface area contributed by atoms with E-state index in [1.54, 1.807) is 12.1 Å². The molecule has 26 heavy (non-hydrogen) atoms. The number of hydrogen-bond acceptors (Lipinski definition) is 5. The van der Waals surface area contributed by atoms with E-state index in [1.165, 1.54) is 16.9 Å². The molecule has 0 radical (unpaired) electrons. The van der Waals surface area contributed by atoms with Crippen LogP contribution in [0.5, 0.6) is 11.5 Å². The molecule has 1 N–H and O–H groups in total. The van der Waals surface area contributed by atoms with Crippen LogP contribution < -0.4 is 14.8 Å². The first kappa shape index (κ1) is 16.9. The van der Waals surface area contributed by atoms with Crippen LogP contribution in [0.15, 0.2) is 41.8 Å². The lowest BCUT2D eigenvalue weighted by molar-refractivity contribution is 0.102. The number of hydrogen-bond donors (Lipinski definition) is 1. The van der Waals surface area contributed by atoms with Crippen molar-refractivity contribution in [3.63, 3.8) is 0 Å². The third-order valence-corrected chi connectivity index (χ3v) is 5.02. The summed E-state index contributed by atoms with van der Waals surface area (Å²) >= 11 is 7.59. The van der Waals surface area contributed by atoms with Crippen LogP contribution in [0, 0.1) is 6.92 Å². The number of nitrogens with zero attached hydrogens (tertiary/aromatic N) is 1. The van der Waals surface area contributed by atoms with Gasteiger partial charge in [0, 0.05) is 17.0 Å². The Kier molecular flexibility index (Phi) is 4.53. The van der Waals surface area contributed by atoms with Gasteiger partial charge < -0.3 is 9.47 Å². The van der Waals surface area contributed by atoms with E-state index in [2.05, 4.69) is 10.3 Å². The number of rotatable bonds is 3. The van der Waals surface area contributed by atoms with Crippen molar-refractivity contribution < 1.29 is 14.3 Å². The highest BCUT2D eigenvalue weighted by atomic mass is 35.5. The first-order chi connectivity index (χ1) is 12.6.